The SMILES string of the molecule is CCOC(=O)c1c(C)c(C(=O)CN(C(=O)C2CCCC2)C(C)C)c(C)n1CC. The summed E-state index contributed by atoms with van der Waals surface area (Å²) in [6.07, 6.45) is 3.98. The minimum absolute atomic E-state index is 0.0349. The van der Waals surface area contributed by atoms with Crippen molar-refractivity contribution in [2.75, 3.05) is 13.2 Å². The lowest BCUT2D eigenvalue weighted by molar-refractivity contribution is -0.136. The van der Waals surface area contributed by atoms with E-state index in [0.29, 0.717) is 23.4 Å². The van der Waals surface area contributed by atoms with E-state index in [1.54, 1.807) is 18.7 Å². The van der Waals surface area contributed by atoms with Gasteiger partial charge in [-0.3, -0.25) is 9.59 Å². The molecule has 0 N–H and O–H groups in total. The molecule has 0 unspecified atom stereocenters. The Morgan fingerprint density at radius 3 is 2.25 bits per heavy atom. The summed E-state index contributed by atoms with van der Waals surface area (Å²) >= 11 is 0. The van der Waals surface area contributed by atoms with Gasteiger partial charge in [-0.05, 0) is 59.9 Å². The van der Waals surface area contributed by atoms with Gasteiger partial charge in [-0.1, -0.05) is 12.8 Å². The standard InChI is InChI=1S/C22H34N2O4/c1-7-23-16(6)19(15(5)20(23)22(27)28-8-2)18(25)13-24(14(3)4)21(26)17-11-9-10-12-17/h14,17H,7-13H2,1-6H3. The Hall–Kier alpha value is -2.11. The fraction of sp³-hybridized carbons (Fsp3) is 0.682. The number of ketones is 1. The molecule has 0 saturated heterocycles. The smallest absolute Gasteiger partial charge is 0.355 e. The molecule has 0 atom stereocenters. The second kappa shape index (κ2) is 9.39. The number of rotatable bonds is 8. The van der Waals surface area contributed by atoms with Crippen LogP contribution in [0.2, 0.25) is 0 Å². The maximum absolute atomic E-state index is 13.2. The number of Topliss-reactive ketones (excluding diaryl/α,β-unsaturated/α-hetero) is 1. The minimum Gasteiger partial charge on any atom is -0.461 e. The number of carbonyl (C=O) groups is 3. The van der Waals surface area contributed by atoms with Crippen molar-refractivity contribution >= 4 is 17.7 Å². The average molecular weight is 391 g/mol. The zero-order chi connectivity index (χ0) is 21.0. The van der Waals surface area contributed by atoms with E-state index in [4.69, 9.17) is 4.74 Å². The normalized spacial score (nSPS) is 14.5. The van der Waals surface area contributed by atoms with Crippen molar-refractivity contribution in [2.24, 2.45) is 5.92 Å². The molecule has 1 heterocycles. The zero-order valence-electron chi connectivity index (χ0n) is 18.1. The van der Waals surface area contributed by atoms with Gasteiger partial charge in [0, 0.05) is 29.8 Å². The zero-order valence-corrected chi connectivity index (χ0v) is 18.1. The van der Waals surface area contributed by atoms with Gasteiger partial charge in [-0.2, -0.15) is 0 Å². The highest BCUT2D eigenvalue weighted by Crippen LogP contribution is 2.28. The predicted octanol–water partition coefficient (Wildman–Crippen LogP) is 3.91. The van der Waals surface area contributed by atoms with Crippen molar-refractivity contribution in [3.8, 4) is 0 Å². The molecule has 0 aromatic carbocycles. The van der Waals surface area contributed by atoms with Crippen LogP contribution in [0, 0.1) is 19.8 Å². The highest BCUT2D eigenvalue weighted by atomic mass is 16.5. The topological polar surface area (TPSA) is 68.6 Å². The molecule has 0 aliphatic heterocycles. The van der Waals surface area contributed by atoms with Crippen LogP contribution in [0.3, 0.4) is 0 Å². The van der Waals surface area contributed by atoms with E-state index >= 15 is 0 Å². The Morgan fingerprint density at radius 1 is 1.14 bits per heavy atom. The fourth-order valence-corrected chi connectivity index (χ4v) is 4.32. The van der Waals surface area contributed by atoms with Crippen LogP contribution in [0.4, 0.5) is 0 Å². The molecule has 1 aromatic heterocycles. The van der Waals surface area contributed by atoms with Crippen molar-refractivity contribution in [3.63, 3.8) is 0 Å². The van der Waals surface area contributed by atoms with Crippen LogP contribution in [0.25, 0.3) is 0 Å². The molecule has 0 spiro atoms. The summed E-state index contributed by atoms with van der Waals surface area (Å²) in [5, 5.41) is 0. The molecule has 1 fully saturated rings. The van der Waals surface area contributed by atoms with Crippen LogP contribution in [0.1, 0.15) is 85.5 Å². The molecule has 28 heavy (non-hydrogen) atoms. The molecule has 1 aromatic rings. The number of ether oxygens (including phenoxy) is 1. The van der Waals surface area contributed by atoms with Gasteiger partial charge >= 0.3 is 5.97 Å². The van der Waals surface area contributed by atoms with Gasteiger partial charge in [-0.15, -0.1) is 0 Å². The van der Waals surface area contributed by atoms with E-state index < -0.39 is 5.97 Å². The Kier molecular flexibility index (Phi) is 7.44. The number of aromatic nitrogens is 1. The first-order valence-corrected chi connectivity index (χ1v) is 10.4. The van der Waals surface area contributed by atoms with Gasteiger partial charge in [0.25, 0.3) is 0 Å². The van der Waals surface area contributed by atoms with Gasteiger partial charge < -0.3 is 14.2 Å². The summed E-state index contributed by atoms with van der Waals surface area (Å²) in [5.41, 5.74) is 2.36. The quantitative estimate of drug-likeness (QED) is 0.498. The Balaban J connectivity index is 2.34. The molecule has 0 bridgehead atoms. The fourth-order valence-electron chi connectivity index (χ4n) is 4.32. The highest BCUT2D eigenvalue weighted by Gasteiger charge is 2.32. The van der Waals surface area contributed by atoms with E-state index in [1.807, 2.05) is 32.3 Å². The Bertz CT molecular complexity index is 742. The Morgan fingerprint density at radius 2 is 1.75 bits per heavy atom. The molecule has 1 aliphatic rings. The maximum atomic E-state index is 13.2. The molecule has 2 rings (SSSR count). The lowest BCUT2D eigenvalue weighted by atomic mass is 10.0. The van der Waals surface area contributed by atoms with E-state index in [9.17, 15) is 14.4 Å². The molecule has 1 aliphatic carbocycles. The van der Waals surface area contributed by atoms with Crippen LogP contribution in [0.15, 0.2) is 0 Å². The van der Waals surface area contributed by atoms with Gasteiger partial charge in [0.05, 0.1) is 13.2 Å². The van der Waals surface area contributed by atoms with Crippen LogP contribution < -0.4 is 0 Å². The lowest BCUT2D eigenvalue weighted by Crippen LogP contribution is -2.43. The van der Waals surface area contributed by atoms with Gasteiger partial charge in [0.1, 0.15) is 5.69 Å². The van der Waals surface area contributed by atoms with E-state index in [-0.39, 0.29) is 36.8 Å². The molecule has 1 saturated carbocycles. The number of amides is 1. The van der Waals surface area contributed by atoms with Crippen molar-refractivity contribution in [3.05, 3.63) is 22.5 Å². The summed E-state index contributed by atoms with van der Waals surface area (Å²) in [4.78, 5) is 40.3. The lowest BCUT2D eigenvalue weighted by Gasteiger charge is -2.29. The first kappa shape index (κ1) is 22.2. The van der Waals surface area contributed by atoms with E-state index in [2.05, 4.69) is 0 Å². The molecule has 6 nitrogen and oxygen atoms in total. The number of nitrogens with zero attached hydrogens (tertiary/aromatic N) is 2. The number of carbonyl (C=O) groups excluding carboxylic acids is 3. The second-order valence-corrected chi connectivity index (χ2v) is 7.86. The molecule has 6 heteroatoms. The third kappa shape index (κ3) is 4.31. The number of esters is 1. The summed E-state index contributed by atoms with van der Waals surface area (Å²) in [5.74, 6) is -0.413. The molecule has 1 amide bonds. The summed E-state index contributed by atoms with van der Waals surface area (Å²) in [6.45, 7) is 12.1. The van der Waals surface area contributed by atoms with Gasteiger partial charge in [0.2, 0.25) is 5.91 Å². The number of hydrogen-bond donors (Lipinski definition) is 0. The van der Waals surface area contributed by atoms with Crippen molar-refractivity contribution in [1.29, 1.82) is 0 Å². The van der Waals surface area contributed by atoms with E-state index in [1.165, 1.54) is 0 Å². The first-order chi connectivity index (χ1) is 13.2. The minimum atomic E-state index is -0.410. The summed E-state index contributed by atoms with van der Waals surface area (Å²) in [7, 11) is 0. The third-order valence-electron chi connectivity index (χ3n) is 5.76. The second-order valence-electron chi connectivity index (χ2n) is 7.86. The van der Waals surface area contributed by atoms with Crippen LogP contribution in [-0.2, 0) is 16.1 Å². The average Bonchev–Trinajstić information content (AvgIpc) is 3.25. The Labute approximate surface area is 168 Å². The number of hydrogen-bond acceptors (Lipinski definition) is 4. The van der Waals surface area contributed by atoms with Crippen LogP contribution in [0.5, 0.6) is 0 Å². The van der Waals surface area contributed by atoms with Crippen molar-refractivity contribution < 1.29 is 19.1 Å². The van der Waals surface area contributed by atoms with Crippen molar-refractivity contribution in [2.45, 2.75) is 79.8 Å². The molecular formula is C22H34N2O4. The van der Waals surface area contributed by atoms with Crippen LogP contribution >= 0.6 is 0 Å². The first-order valence-electron chi connectivity index (χ1n) is 10.4. The maximum Gasteiger partial charge on any atom is 0.355 e. The monoisotopic (exact) mass is 390 g/mol. The van der Waals surface area contributed by atoms with Gasteiger partial charge in [-0.25, -0.2) is 4.79 Å². The third-order valence-corrected chi connectivity index (χ3v) is 5.76. The molecule has 156 valence electrons. The van der Waals surface area contributed by atoms with Crippen LogP contribution in [-0.4, -0.2) is 46.3 Å². The molecular weight excluding hydrogens is 356 g/mol. The highest BCUT2D eigenvalue weighted by molar-refractivity contribution is 6.04. The van der Waals surface area contributed by atoms with Crippen molar-refractivity contribution in [1.82, 2.24) is 9.47 Å². The largest absolute Gasteiger partial charge is 0.461 e. The van der Waals surface area contributed by atoms with Gasteiger partial charge in [0.15, 0.2) is 5.78 Å². The summed E-state index contributed by atoms with van der Waals surface area (Å²) in [6, 6.07) is -0.0459. The summed E-state index contributed by atoms with van der Waals surface area (Å²) < 4.78 is 7.02. The van der Waals surface area contributed by atoms with E-state index in [0.717, 1.165) is 31.4 Å². The predicted molar refractivity (Wildman–Crippen MR) is 109 cm³/mol. The molecule has 0 radical (unpaired) electrons.